The summed E-state index contributed by atoms with van der Waals surface area (Å²) in [7, 11) is -2.02. The van der Waals surface area contributed by atoms with Gasteiger partial charge in [-0.05, 0) is 48.2 Å². The van der Waals surface area contributed by atoms with Crippen LogP contribution in [0.3, 0.4) is 0 Å². The number of nitrogens with one attached hydrogen (secondary N) is 2. The van der Waals surface area contributed by atoms with Gasteiger partial charge in [-0.2, -0.15) is 0 Å². The van der Waals surface area contributed by atoms with E-state index >= 15 is 0 Å². The van der Waals surface area contributed by atoms with Gasteiger partial charge in [0.1, 0.15) is 5.75 Å². The summed E-state index contributed by atoms with van der Waals surface area (Å²) in [5.41, 5.74) is 1.82. The number of carbonyl (C=O) groups is 1. The van der Waals surface area contributed by atoms with Crippen LogP contribution < -0.4 is 14.8 Å². The van der Waals surface area contributed by atoms with Gasteiger partial charge in [0.2, 0.25) is 15.9 Å². The Morgan fingerprint density at radius 1 is 1.23 bits per heavy atom. The fraction of sp³-hybridized carbons (Fsp3) is 0.278. The van der Waals surface area contributed by atoms with Crippen LogP contribution in [-0.2, 0) is 14.8 Å². The Bertz CT molecular complexity index is 946. The second kappa shape index (κ2) is 7.17. The van der Waals surface area contributed by atoms with E-state index in [2.05, 4.69) is 10.0 Å². The highest BCUT2D eigenvalue weighted by atomic mass is 35.5. The van der Waals surface area contributed by atoms with E-state index in [-0.39, 0.29) is 23.4 Å². The lowest BCUT2D eigenvalue weighted by atomic mass is 10.1. The number of halogens is 1. The summed E-state index contributed by atoms with van der Waals surface area (Å²) in [4.78, 5) is 12.5. The Hall–Kier alpha value is -2.25. The van der Waals surface area contributed by atoms with Crippen LogP contribution in [-0.4, -0.2) is 27.7 Å². The van der Waals surface area contributed by atoms with E-state index in [1.54, 1.807) is 18.2 Å². The summed E-state index contributed by atoms with van der Waals surface area (Å²) in [6, 6.07) is 12.3. The monoisotopic (exact) mass is 394 g/mol. The molecule has 2 atom stereocenters. The molecule has 1 saturated carbocycles. The first-order valence-electron chi connectivity index (χ1n) is 7.99. The van der Waals surface area contributed by atoms with Crippen molar-refractivity contribution in [2.45, 2.75) is 12.3 Å². The molecule has 2 aromatic carbocycles. The van der Waals surface area contributed by atoms with Gasteiger partial charge >= 0.3 is 0 Å². The molecule has 138 valence electrons. The van der Waals surface area contributed by atoms with Crippen LogP contribution in [0.15, 0.2) is 42.5 Å². The number of ether oxygens (including phenoxy) is 1. The maximum absolute atomic E-state index is 12.5. The van der Waals surface area contributed by atoms with Crippen LogP contribution >= 0.6 is 11.6 Å². The van der Waals surface area contributed by atoms with E-state index in [0.717, 1.165) is 18.2 Å². The Balaban J connectivity index is 1.71. The number of sulfonamides is 1. The van der Waals surface area contributed by atoms with Gasteiger partial charge in [0.25, 0.3) is 0 Å². The van der Waals surface area contributed by atoms with Gasteiger partial charge in [0, 0.05) is 16.6 Å². The van der Waals surface area contributed by atoms with Crippen LogP contribution in [0.4, 0.5) is 11.4 Å². The fourth-order valence-corrected chi connectivity index (χ4v) is 3.65. The first-order valence-corrected chi connectivity index (χ1v) is 10.3. The second-order valence-corrected chi connectivity index (χ2v) is 8.47. The van der Waals surface area contributed by atoms with Gasteiger partial charge in [-0.25, -0.2) is 8.42 Å². The molecule has 1 aliphatic carbocycles. The van der Waals surface area contributed by atoms with Crippen molar-refractivity contribution < 1.29 is 17.9 Å². The minimum Gasteiger partial charge on any atom is -0.495 e. The quantitative estimate of drug-likeness (QED) is 0.785. The molecule has 2 aromatic rings. The number of anilines is 2. The van der Waals surface area contributed by atoms with Crippen LogP contribution in [0.5, 0.6) is 5.75 Å². The molecule has 1 amide bonds. The highest BCUT2D eigenvalue weighted by Gasteiger charge is 2.44. The normalized spacial score (nSPS) is 18.9. The zero-order chi connectivity index (χ0) is 18.9. The minimum atomic E-state index is -3.46. The van der Waals surface area contributed by atoms with E-state index in [1.807, 2.05) is 18.2 Å². The smallest absolute Gasteiger partial charge is 0.229 e. The second-order valence-electron chi connectivity index (χ2n) is 6.28. The minimum absolute atomic E-state index is 0.106. The van der Waals surface area contributed by atoms with Crippen molar-refractivity contribution in [2.24, 2.45) is 5.92 Å². The Morgan fingerprint density at radius 2 is 2.00 bits per heavy atom. The molecule has 2 N–H and O–H groups in total. The third kappa shape index (κ3) is 4.47. The van der Waals surface area contributed by atoms with Gasteiger partial charge in [-0.3, -0.25) is 9.52 Å². The molecule has 8 heteroatoms. The lowest BCUT2D eigenvalue weighted by molar-refractivity contribution is -0.117. The van der Waals surface area contributed by atoms with E-state index in [4.69, 9.17) is 16.3 Å². The van der Waals surface area contributed by atoms with Crippen LogP contribution in [0.2, 0.25) is 5.02 Å². The van der Waals surface area contributed by atoms with E-state index in [9.17, 15) is 13.2 Å². The van der Waals surface area contributed by atoms with Gasteiger partial charge < -0.3 is 10.1 Å². The molecule has 0 aromatic heterocycles. The molecule has 26 heavy (non-hydrogen) atoms. The highest BCUT2D eigenvalue weighted by Crippen LogP contribution is 2.48. The average Bonchev–Trinajstić information content (AvgIpc) is 3.34. The number of hydrogen-bond donors (Lipinski definition) is 2. The van der Waals surface area contributed by atoms with Crippen molar-refractivity contribution in [3.05, 3.63) is 53.1 Å². The molecule has 0 saturated heterocycles. The van der Waals surface area contributed by atoms with Crippen LogP contribution in [0, 0.1) is 5.92 Å². The summed E-state index contributed by atoms with van der Waals surface area (Å²) in [6.45, 7) is 0. The summed E-state index contributed by atoms with van der Waals surface area (Å²) < 4.78 is 30.5. The fourth-order valence-electron chi connectivity index (χ4n) is 2.89. The van der Waals surface area contributed by atoms with Crippen LogP contribution in [0.25, 0.3) is 0 Å². The topological polar surface area (TPSA) is 84.5 Å². The largest absolute Gasteiger partial charge is 0.495 e. The van der Waals surface area contributed by atoms with Crippen molar-refractivity contribution in [3.63, 3.8) is 0 Å². The Labute approximate surface area is 157 Å². The van der Waals surface area contributed by atoms with Gasteiger partial charge in [0.05, 0.1) is 19.1 Å². The van der Waals surface area contributed by atoms with E-state index < -0.39 is 10.0 Å². The first-order chi connectivity index (χ1) is 12.3. The van der Waals surface area contributed by atoms with Gasteiger partial charge in [0.15, 0.2) is 0 Å². The summed E-state index contributed by atoms with van der Waals surface area (Å²) in [6.07, 6.45) is 1.81. The molecule has 0 heterocycles. The summed E-state index contributed by atoms with van der Waals surface area (Å²) in [5.74, 6) is 0.296. The van der Waals surface area contributed by atoms with E-state index in [1.165, 1.54) is 13.2 Å². The third-order valence-electron chi connectivity index (χ3n) is 4.17. The molecule has 6 nitrogen and oxygen atoms in total. The zero-order valence-electron chi connectivity index (χ0n) is 14.3. The van der Waals surface area contributed by atoms with Gasteiger partial charge in [-0.1, -0.05) is 23.7 Å². The van der Waals surface area contributed by atoms with Crippen molar-refractivity contribution in [2.75, 3.05) is 23.4 Å². The number of carbonyl (C=O) groups excluding carboxylic acids is 1. The molecule has 1 fully saturated rings. The molecule has 0 bridgehead atoms. The SMILES string of the molecule is COc1ccc(NC(=O)C2CC2c2cccc(Cl)c2)cc1NS(C)(=O)=O. The zero-order valence-corrected chi connectivity index (χ0v) is 15.9. The molecule has 1 aliphatic rings. The van der Waals surface area contributed by atoms with Crippen molar-refractivity contribution in [1.82, 2.24) is 0 Å². The molecular weight excluding hydrogens is 376 g/mol. The first kappa shape index (κ1) is 18.5. The Morgan fingerprint density at radius 3 is 2.65 bits per heavy atom. The number of hydrogen-bond acceptors (Lipinski definition) is 4. The lowest BCUT2D eigenvalue weighted by Crippen LogP contribution is -2.15. The molecule has 2 unspecified atom stereocenters. The summed E-state index contributed by atoms with van der Waals surface area (Å²) >= 11 is 6.00. The van der Waals surface area contributed by atoms with Crippen LogP contribution in [0.1, 0.15) is 17.9 Å². The number of methoxy groups -OCH3 is 1. The maximum atomic E-state index is 12.5. The van der Waals surface area contributed by atoms with Crippen molar-refractivity contribution >= 4 is 38.9 Å². The highest BCUT2D eigenvalue weighted by molar-refractivity contribution is 7.92. The standard InChI is InChI=1S/C18H19ClN2O4S/c1-25-17-7-6-13(9-16(17)21-26(2,23)24)20-18(22)15-10-14(15)11-4-3-5-12(19)8-11/h3-9,14-15,21H,10H2,1-2H3,(H,20,22). The molecule has 0 spiro atoms. The van der Waals surface area contributed by atoms with Crippen molar-refractivity contribution in [1.29, 1.82) is 0 Å². The number of rotatable bonds is 6. The van der Waals surface area contributed by atoms with Crippen molar-refractivity contribution in [3.8, 4) is 5.75 Å². The average molecular weight is 395 g/mol. The van der Waals surface area contributed by atoms with Gasteiger partial charge in [-0.15, -0.1) is 0 Å². The van der Waals surface area contributed by atoms with E-state index in [0.29, 0.717) is 16.5 Å². The summed E-state index contributed by atoms with van der Waals surface area (Å²) in [5, 5.41) is 3.49. The maximum Gasteiger partial charge on any atom is 0.229 e. The predicted molar refractivity (Wildman–Crippen MR) is 102 cm³/mol. The lowest BCUT2D eigenvalue weighted by Gasteiger charge is -2.12. The number of benzene rings is 2. The predicted octanol–water partition coefficient (Wildman–Crippen LogP) is 3.46. The molecule has 0 aliphatic heterocycles. The third-order valence-corrected chi connectivity index (χ3v) is 4.99. The number of amides is 1. The Kier molecular flexibility index (Phi) is 5.11. The molecular formula is C18H19ClN2O4S. The molecule has 0 radical (unpaired) electrons. The molecule has 3 rings (SSSR count).